The minimum atomic E-state index is -1.08. The highest BCUT2D eigenvalue weighted by molar-refractivity contribution is 5.89. The number of rotatable bonds is 10. The molecule has 1 saturated heterocycles. The summed E-state index contributed by atoms with van der Waals surface area (Å²) in [6, 6.07) is 0.302. The number of hydrogen-bond donors (Lipinski definition) is 1. The highest BCUT2D eigenvalue weighted by Gasteiger charge is 2.48. The minimum absolute atomic E-state index is 0.00912. The van der Waals surface area contributed by atoms with E-state index in [2.05, 4.69) is 32.8 Å². The van der Waals surface area contributed by atoms with Crippen LogP contribution in [0.5, 0.6) is 0 Å². The molecule has 0 aromatic rings. The third-order valence-corrected chi connectivity index (χ3v) is 7.29. The molecule has 8 nitrogen and oxygen atoms in total. The number of aliphatic hydroxyl groups excluding tert-OH is 1. The number of nitrogens with zero attached hydrogens (tertiary/aromatic N) is 1. The number of carbonyl (C=O) groups excluding carboxylic acids is 1. The molecule has 34 heavy (non-hydrogen) atoms. The van der Waals surface area contributed by atoms with Crippen molar-refractivity contribution in [1.29, 1.82) is 0 Å². The summed E-state index contributed by atoms with van der Waals surface area (Å²) in [5, 5.41) is 9.78. The van der Waals surface area contributed by atoms with E-state index in [0.717, 1.165) is 6.42 Å². The Balaban J connectivity index is 2.50. The number of methoxy groups -OCH3 is 1. The Morgan fingerprint density at radius 1 is 1.24 bits per heavy atom. The molecule has 8 heteroatoms. The van der Waals surface area contributed by atoms with Gasteiger partial charge in [-0.2, -0.15) is 0 Å². The van der Waals surface area contributed by atoms with Gasteiger partial charge in [0.25, 0.3) is 0 Å². The fourth-order valence-corrected chi connectivity index (χ4v) is 5.32. The van der Waals surface area contributed by atoms with Crippen LogP contribution in [-0.4, -0.2) is 79.7 Å². The molecule has 0 aliphatic carbocycles. The lowest BCUT2D eigenvalue weighted by atomic mass is 9.80. The summed E-state index contributed by atoms with van der Waals surface area (Å²) in [5.41, 5.74) is -0.354. The summed E-state index contributed by atoms with van der Waals surface area (Å²) in [5.74, 6) is -1.18. The van der Waals surface area contributed by atoms with E-state index >= 15 is 0 Å². The molecule has 0 amide bonds. The molecule has 0 aromatic heterocycles. The molecular weight excluding hydrogens is 438 g/mol. The molecule has 198 valence electrons. The van der Waals surface area contributed by atoms with Gasteiger partial charge in [0, 0.05) is 45.4 Å². The maximum absolute atomic E-state index is 12.6. The van der Waals surface area contributed by atoms with Gasteiger partial charge in [0.2, 0.25) is 5.79 Å². The van der Waals surface area contributed by atoms with Crippen LogP contribution in [0.25, 0.3) is 0 Å². The summed E-state index contributed by atoms with van der Waals surface area (Å²) < 4.78 is 30.8. The van der Waals surface area contributed by atoms with Crippen LogP contribution in [0.1, 0.15) is 68.2 Å². The first-order valence-corrected chi connectivity index (χ1v) is 12.4. The number of esters is 1. The van der Waals surface area contributed by atoms with E-state index < -0.39 is 29.8 Å². The molecule has 2 heterocycles. The number of aliphatic hydroxyl groups is 1. The predicted molar refractivity (Wildman–Crippen MR) is 130 cm³/mol. The van der Waals surface area contributed by atoms with E-state index in [0.29, 0.717) is 23.8 Å². The van der Waals surface area contributed by atoms with Crippen molar-refractivity contribution in [1.82, 2.24) is 4.90 Å². The maximum Gasteiger partial charge on any atom is 0.340 e. The average Bonchev–Trinajstić information content (AvgIpc) is 2.75. The van der Waals surface area contributed by atoms with Crippen LogP contribution < -0.4 is 0 Å². The second-order valence-corrected chi connectivity index (χ2v) is 11.2. The highest BCUT2D eigenvalue weighted by Crippen LogP contribution is 2.41. The van der Waals surface area contributed by atoms with E-state index in [4.69, 9.17) is 23.7 Å². The van der Waals surface area contributed by atoms with E-state index in [-0.39, 0.29) is 30.5 Å². The predicted octanol–water partition coefficient (Wildman–Crippen LogP) is 3.72. The second kappa shape index (κ2) is 11.2. The lowest BCUT2D eigenvalue weighted by molar-refractivity contribution is -0.285. The third kappa shape index (κ3) is 6.52. The summed E-state index contributed by atoms with van der Waals surface area (Å²) in [4.78, 5) is 14.8. The third-order valence-electron chi connectivity index (χ3n) is 7.29. The quantitative estimate of drug-likeness (QED) is 0.469. The van der Waals surface area contributed by atoms with Gasteiger partial charge in [0.05, 0.1) is 23.4 Å². The van der Waals surface area contributed by atoms with Gasteiger partial charge in [0.1, 0.15) is 5.76 Å². The first kappa shape index (κ1) is 29.0. The van der Waals surface area contributed by atoms with E-state index in [9.17, 15) is 9.90 Å². The van der Waals surface area contributed by atoms with Crippen molar-refractivity contribution in [2.45, 2.75) is 104 Å². The van der Waals surface area contributed by atoms with Crippen LogP contribution in [0.3, 0.4) is 0 Å². The van der Waals surface area contributed by atoms with Gasteiger partial charge < -0.3 is 33.7 Å². The number of carbonyl (C=O) groups is 1. The monoisotopic (exact) mass is 485 g/mol. The van der Waals surface area contributed by atoms with E-state index in [1.165, 1.54) is 0 Å². The van der Waals surface area contributed by atoms with Gasteiger partial charge in [-0.15, -0.1) is 0 Å². The molecule has 2 rings (SSSR count). The standard InChI is InChI=1S/C26H47NO7/c1-15(14-28)13-26(8,30-11)22(18(4)21-19(5)23(29)34-25(6,7)33-21)32-24-17(3)20(27(9)10)12-16(2)31-24/h15-18,20,22,24,28H,12-14H2,1-11H3/t15-,16?,17?,18+,20?,22-,24+,26-/m1/s1. The van der Waals surface area contributed by atoms with E-state index in [1.54, 1.807) is 27.9 Å². The Labute approximate surface area is 205 Å². The fraction of sp³-hybridized carbons (Fsp3) is 0.885. The number of cyclic esters (lactones) is 1. The Bertz CT molecular complexity index is 737. The smallest absolute Gasteiger partial charge is 0.340 e. The highest BCUT2D eigenvalue weighted by atomic mass is 16.7. The van der Waals surface area contributed by atoms with Crippen molar-refractivity contribution < 1.29 is 33.6 Å². The lowest BCUT2D eigenvalue weighted by Crippen LogP contribution is -2.56. The van der Waals surface area contributed by atoms with Crippen molar-refractivity contribution in [2.24, 2.45) is 17.8 Å². The first-order chi connectivity index (χ1) is 15.7. The normalized spacial score (nSPS) is 32.0. The number of ether oxygens (including phenoxy) is 5. The Hall–Kier alpha value is -1.19. The fourth-order valence-electron chi connectivity index (χ4n) is 5.32. The van der Waals surface area contributed by atoms with Gasteiger partial charge in [-0.3, -0.25) is 0 Å². The maximum atomic E-state index is 12.6. The molecule has 1 fully saturated rings. The lowest BCUT2D eigenvalue weighted by Gasteiger charge is -2.48. The van der Waals surface area contributed by atoms with Crippen molar-refractivity contribution in [3.63, 3.8) is 0 Å². The summed E-state index contributed by atoms with van der Waals surface area (Å²) in [6.45, 7) is 15.4. The number of hydrogen-bond acceptors (Lipinski definition) is 8. The molecule has 0 saturated carbocycles. The molecule has 2 aliphatic heterocycles. The van der Waals surface area contributed by atoms with Crippen molar-refractivity contribution in [3.8, 4) is 0 Å². The largest absolute Gasteiger partial charge is 0.456 e. The topological polar surface area (TPSA) is 86.7 Å². The Morgan fingerprint density at radius 3 is 2.38 bits per heavy atom. The van der Waals surface area contributed by atoms with Crippen LogP contribution in [0, 0.1) is 17.8 Å². The minimum Gasteiger partial charge on any atom is -0.456 e. The van der Waals surface area contributed by atoms with Gasteiger partial charge in [-0.25, -0.2) is 4.79 Å². The Morgan fingerprint density at radius 2 is 1.85 bits per heavy atom. The Kier molecular flexibility index (Phi) is 9.61. The van der Waals surface area contributed by atoms with Crippen LogP contribution >= 0.6 is 0 Å². The molecule has 2 aliphatic rings. The van der Waals surface area contributed by atoms with Gasteiger partial charge in [0.15, 0.2) is 6.29 Å². The molecule has 3 unspecified atom stereocenters. The van der Waals surface area contributed by atoms with Gasteiger partial charge in [-0.05, 0) is 53.6 Å². The van der Waals surface area contributed by atoms with Crippen LogP contribution in [0.15, 0.2) is 11.3 Å². The van der Waals surface area contributed by atoms with Crippen LogP contribution in [0.4, 0.5) is 0 Å². The molecule has 8 atom stereocenters. The van der Waals surface area contributed by atoms with Crippen LogP contribution in [-0.2, 0) is 28.5 Å². The molecule has 0 radical (unpaired) electrons. The SMILES string of the molecule is CO[C@](C)(C[C@@H](C)CO)[C@H](O[C@@H]1OC(C)CC(N(C)C)C1C)[C@@H](C)C1=C(C)C(=O)OC(C)(C)O1. The summed E-state index contributed by atoms with van der Waals surface area (Å²) in [6.07, 6.45) is 0.537. The average molecular weight is 486 g/mol. The zero-order chi connectivity index (χ0) is 26.0. The first-order valence-electron chi connectivity index (χ1n) is 12.4. The molecule has 0 spiro atoms. The molecule has 0 aromatic carbocycles. The molecular formula is C26H47NO7. The zero-order valence-electron chi connectivity index (χ0n) is 23.0. The molecule has 1 N–H and O–H groups in total. The summed E-state index contributed by atoms with van der Waals surface area (Å²) >= 11 is 0. The van der Waals surface area contributed by atoms with Crippen molar-refractivity contribution in [2.75, 3.05) is 27.8 Å². The molecule has 0 bridgehead atoms. The van der Waals surface area contributed by atoms with Crippen molar-refractivity contribution >= 4 is 5.97 Å². The van der Waals surface area contributed by atoms with Crippen molar-refractivity contribution in [3.05, 3.63) is 11.3 Å². The van der Waals surface area contributed by atoms with Gasteiger partial charge in [-0.1, -0.05) is 20.8 Å². The zero-order valence-corrected chi connectivity index (χ0v) is 23.0. The van der Waals surface area contributed by atoms with Crippen LogP contribution in [0.2, 0.25) is 0 Å². The second-order valence-electron chi connectivity index (χ2n) is 11.2. The summed E-state index contributed by atoms with van der Waals surface area (Å²) in [7, 11) is 5.82. The van der Waals surface area contributed by atoms with E-state index in [1.807, 2.05) is 20.8 Å². The van der Waals surface area contributed by atoms with Gasteiger partial charge >= 0.3 is 5.97 Å².